The first-order valence-electron chi connectivity index (χ1n) is 9.48. The molecule has 0 amide bonds. The minimum Gasteiger partial charge on any atom is -0.491 e. The molecule has 0 saturated heterocycles. The fourth-order valence-corrected chi connectivity index (χ4v) is 2.71. The summed E-state index contributed by atoms with van der Waals surface area (Å²) in [6.07, 6.45) is -0.584. The summed E-state index contributed by atoms with van der Waals surface area (Å²) in [6, 6.07) is 15.3. The molecular weight excluding hydrogens is 358 g/mol. The Morgan fingerprint density at radius 1 is 0.857 bits per heavy atom. The van der Waals surface area contributed by atoms with E-state index in [4.69, 9.17) is 18.9 Å². The molecule has 0 fully saturated rings. The Labute approximate surface area is 167 Å². The van der Waals surface area contributed by atoms with Gasteiger partial charge < -0.3 is 29.4 Å². The molecule has 28 heavy (non-hydrogen) atoms. The van der Waals surface area contributed by atoms with E-state index in [1.807, 2.05) is 55.5 Å². The maximum Gasteiger partial charge on any atom is 0.123 e. The lowest BCUT2D eigenvalue weighted by Gasteiger charge is -2.21. The third-order valence-electron chi connectivity index (χ3n) is 4.30. The largest absolute Gasteiger partial charge is 0.491 e. The lowest BCUT2D eigenvalue weighted by molar-refractivity contribution is 0.135. The first-order chi connectivity index (χ1) is 13.6. The van der Waals surface area contributed by atoms with Crippen LogP contribution in [0.3, 0.4) is 0 Å². The lowest BCUT2D eigenvalue weighted by atomic mass is 10.0. The first kappa shape index (κ1) is 22.2. The highest BCUT2D eigenvalue weighted by Crippen LogP contribution is 2.24. The van der Waals surface area contributed by atoms with Gasteiger partial charge in [0.05, 0.1) is 19.3 Å². The van der Waals surface area contributed by atoms with Crippen molar-refractivity contribution in [2.24, 2.45) is 0 Å². The van der Waals surface area contributed by atoms with E-state index in [0.717, 1.165) is 22.6 Å². The Morgan fingerprint density at radius 3 is 1.96 bits per heavy atom. The van der Waals surface area contributed by atoms with Gasteiger partial charge in [0.15, 0.2) is 0 Å². The molecule has 0 spiro atoms. The molecule has 0 unspecified atom stereocenters. The highest BCUT2D eigenvalue weighted by molar-refractivity contribution is 5.38. The Balaban J connectivity index is 2.00. The number of aliphatic hydroxyl groups is 1. The van der Waals surface area contributed by atoms with Gasteiger partial charge in [-0.3, -0.25) is 0 Å². The molecule has 2 atom stereocenters. The Hall–Kier alpha value is -2.12. The molecule has 0 radical (unpaired) electrons. The summed E-state index contributed by atoms with van der Waals surface area (Å²) in [4.78, 5) is 0. The highest BCUT2D eigenvalue weighted by atomic mass is 16.5. The molecule has 0 saturated carbocycles. The van der Waals surface area contributed by atoms with Crippen LogP contribution in [-0.2, 0) is 16.0 Å². The number of nitrogens with one attached hydrogen (secondary N) is 1. The molecule has 0 aliphatic heterocycles. The third kappa shape index (κ3) is 7.48. The summed E-state index contributed by atoms with van der Waals surface area (Å²) in [7, 11) is 3.28. The van der Waals surface area contributed by atoms with Crippen molar-refractivity contribution in [1.29, 1.82) is 0 Å². The van der Waals surface area contributed by atoms with Gasteiger partial charge in [0.2, 0.25) is 0 Å². The van der Waals surface area contributed by atoms with Crippen molar-refractivity contribution in [1.82, 2.24) is 5.32 Å². The molecule has 6 nitrogen and oxygen atoms in total. The van der Waals surface area contributed by atoms with Crippen molar-refractivity contribution in [2.45, 2.75) is 25.6 Å². The fourth-order valence-electron chi connectivity index (χ4n) is 2.71. The molecular formula is C22H31NO5. The molecule has 2 aromatic carbocycles. The minimum absolute atomic E-state index is 0.113. The monoisotopic (exact) mass is 389 g/mol. The number of methoxy groups -OCH3 is 2. The van der Waals surface area contributed by atoms with Crippen LogP contribution < -0.4 is 14.8 Å². The summed E-state index contributed by atoms with van der Waals surface area (Å²) in [5, 5.41) is 13.9. The van der Waals surface area contributed by atoms with Gasteiger partial charge in [0.25, 0.3) is 0 Å². The van der Waals surface area contributed by atoms with Crippen LogP contribution in [0.5, 0.6) is 11.5 Å². The van der Waals surface area contributed by atoms with Crippen LogP contribution in [0.1, 0.15) is 24.2 Å². The molecule has 0 heterocycles. The molecule has 6 heteroatoms. The zero-order chi connectivity index (χ0) is 20.2. The summed E-state index contributed by atoms with van der Waals surface area (Å²) in [5.74, 6) is 1.44. The zero-order valence-electron chi connectivity index (χ0n) is 16.9. The normalized spacial score (nSPS) is 13.1. The van der Waals surface area contributed by atoms with Gasteiger partial charge in [-0.05, 0) is 30.2 Å². The van der Waals surface area contributed by atoms with E-state index in [2.05, 4.69) is 5.32 Å². The molecule has 154 valence electrons. The van der Waals surface area contributed by atoms with Crippen LogP contribution >= 0.6 is 0 Å². The SMILES string of the molecule is COCCOc1cc(CN[C@H](C)[C@@H](O)c2ccccc2)cc(OCCOC)c1. The van der Waals surface area contributed by atoms with Crippen molar-refractivity contribution in [3.05, 3.63) is 59.7 Å². The quantitative estimate of drug-likeness (QED) is 0.514. The third-order valence-corrected chi connectivity index (χ3v) is 4.30. The predicted octanol–water partition coefficient (Wildman–Crippen LogP) is 2.95. The van der Waals surface area contributed by atoms with E-state index in [1.165, 1.54) is 0 Å². The first-order valence-corrected chi connectivity index (χ1v) is 9.48. The molecule has 2 N–H and O–H groups in total. The summed E-state index contributed by atoms with van der Waals surface area (Å²) < 4.78 is 21.6. The van der Waals surface area contributed by atoms with Crippen molar-refractivity contribution >= 4 is 0 Å². The van der Waals surface area contributed by atoms with Gasteiger partial charge in [0.1, 0.15) is 24.7 Å². The van der Waals surface area contributed by atoms with E-state index in [-0.39, 0.29) is 6.04 Å². The standard InChI is InChI=1S/C22H31NO5/c1-17(22(24)19-7-5-4-6-8-19)23-16-18-13-20(27-11-9-25-2)15-21(14-18)28-12-10-26-3/h4-8,13-15,17,22-24H,9-12,16H2,1-3H3/t17-,22-/m1/s1. The lowest BCUT2D eigenvalue weighted by Crippen LogP contribution is -2.31. The Bertz CT molecular complexity index is 652. The van der Waals surface area contributed by atoms with Crippen LogP contribution in [-0.4, -0.2) is 51.8 Å². The average molecular weight is 389 g/mol. The second-order valence-electron chi connectivity index (χ2n) is 6.52. The Kier molecular flexibility index (Phi) is 9.79. The second kappa shape index (κ2) is 12.4. The topological polar surface area (TPSA) is 69.2 Å². The van der Waals surface area contributed by atoms with Crippen LogP contribution in [0.15, 0.2) is 48.5 Å². The van der Waals surface area contributed by atoms with Crippen LogP contribution in [0.2, 0.25) is 0 Å². The van der Waals surface area contributed by atoms with E-state index in [0.29, 0.717) is 33.0 Å². The summed E-state index contributed by atoms with van der Waals surface area (Å²) >= 11 is 0. The van der Waals surface area contributed by atoms with Crippen LogP contribution in [0.25, 0.3) is 0 Å². The van der Waals surface area contributed by atoms with E-state index in [9.17, 15) is 5.11 Å². The van der Waals surface area contributed by atoms with Crippen molar-refractivity contribution in [3.63, 3.8) is 0 Å². The van der Waals surface area contributed by atoms with Gasteiger partial charge in [0, 0.05) is 32.9 Å². The van der Waals surface area contributed by atoms with E-state index < -0.39 is 6.10 Å². The highest BCUT2D eigenvalue weighted by Gasteiger charge is 2.15. The van der Waals surface area contributed by atoms with Gasteiger partial charge in [-0.25, -0.2) is 0 Å². The van der Waals surface area contributed by atoms with Gasteiger partial charge >= 0.3 is 0 Å². The number of hydrogen-bond acceptors (Lipinski definition) is 6. The van der Waals surface area contributed by atoms with Crippen molar-refractivity contribution in [2.75, 3.05) is 40.6 Å². The maximum atomic E-state index is 10.5. The van der Waals surface area contributed by atoms with Crippen LogP contribution in [0.4, 0.5) is 0 Å². The smallest absolute Gasteiger partial charge is 0.123 e. The van der Waals surface area contributed by atoms with Crippen LogP contribution in [0, 0.1) is 0 Å². The number of ether oxygens (including phenoxy) is 4. The molecule has 0 aromatic heterocycles. The molecule has 0 aliphatic carbocycles. The van der Waals surface area contributed by atoms with Crippen molar-refractivity contribution < 1.29 is 24.1 Å². The molecule has 0 bridgehead atoms. The summed E-state index contributed by atoms with van der Waals surface area (Å²) in [5.41, 5.74) is 1.90. The predicted molar refractivity (Wildman–Crippen MR) is 109 cm³/mol. The number of benzene rings is 2. The second-order valence-corrected chi connectivity index (χ2v) is 6.52. The molecule has 2 aromatic rings. The zero-order valence-corrected chi connectivity index (χ0v) is 16.9. The summed E-state index contributed by atoms with van der Waals surface area (Å²) in [6.45, 7) is 4.51. The number of rotatable bonds is 13. The molecule has 0 aliphatic rings. The maximum absolute atomic E-state index is 10.5. The average Bonchev–Trinajstić information content (AvgIpc) is 2.72. The number of hydrogen-bond donors (Lipinski definition) is 2. The molecule has 2 rings (SSSR count). The van der Waals surface area contributed by atoms with Gasteiger partial charge in [-0.1, -0.05) is 30.3 Å². The van der Waals surface area contributed by atoms with E-state index in [1.54, 1.807) is 14.2 Å². The Morgan fingerprint density at radius 2 is 1.43 bits per heavy atom. The van der Waals surface area contributed by atoms with Gasteiger partial charge in [-0.15, -0.1) is 0 Å². The van der Waals surface area contributed by atoms with E-state index >= 15 is 0 Å². The minimum atomic E-state index is -0.584. The van der Waals surface area contributed by atoms with Crippen molar-refractivity contribution in [3.8, 4) is 11.5 Å². The fraction of sp³-hybridized carbons (Fsp3) is 0.455. The van der Waals surface area contributed by atoms with Gasteiger partial charge in [-0.2, -0.15) is 0 Å². The number of aliphatic hydroxyl groups excluding tert-OH is 1.